The SMILES string of the molecule is COc1cc(C(=O)Nc2ccc(C)cc2C)c(N(C)S(C)(=O)=O)cc1OC. The van der Waals surface area contributed by atoms with Gasteiger partial charge in [0.1, 0.15) is 0 Å². The maximum Gasteiger partial charge on any atom is 0.257 e. The number of amides is 1. The summed E-state index contributed by atoms with van der Waals surface area (Å²) < 4.78 is 35.6. The van der Waals surface area contributed by atoms with Crippen LogP contribution in [0.4, 0.5) is 11.4 Å². The normalized spacial score (nSPS) is 11.0. The molecule has 0 aliphatic heterocycles. The van der Waals surface area contributed by atoms with Crippen molar-refractivity contribution in [2.75, 3.05) is 37.1 Å². The summed E-state index contributed by atoms with van der Waals surface area (Å²) in [7, 11) is 0.683. The zero-order valence-corrected chi connectivity index (χ0v) is 17.1. The Bertz CT molecular complexity index is 970. The number of carbonyl (C=O) groups excluding carboxylic acids is 1. The van der Waals surface area contributed by atoms with Crippen LogP contribution in [0.3, 0.4) is 0 Å². The fraction of sp³-hybridized carbons (Fsp3) is 0.316. The molecule has 1 amide bonds. The van der Waals surface area contributed by atoms with Gasteiger partial charge in [-0.05, 0) is 31.5 Å². The predicted octanol–water partition coefficient (Wildman–Crippen LogP) is 2.97. The average Bonchev–Trinajstić information content (AvgIpc) is 2.61. The predicted molar refractivity (Wildman–Crippen MR) is 107 cm³/mol. The van der Waals surface area contributed by atoms with Crippen molar-refractivity contribution < 1.29 is 22.7 Å². The highest BCUT2D eigenvalue weighted by molar-refractivity contribution is 7.92. The molecular weight excluding hydrogens is 368 g/mol. The molecule has 2 aromatic carbocycles. The first-order valence-electron chi connectivity index (χ1n) is 8.17. The average molecular weight is 392 g/mol. The molecule has 2 rings (SSSR count). The Morgan fingerprint density at radius 3 is 2.15 bits per heavy atom. The first-order chi connectivity index (χ1) is 12.6. The minimum absolute atomic E-state index is 0.153. The number of methoxy groups -OCH3 is 2. The summed E-state index contributed by atoms with van der Waals surface area (Å²) in [6.45, 7) is 3.85. The lowest BCUT2D eigenvalue weighted by Gasteiger charge is -2.22. The lowest BCUT2D eigenvalue weighted by atomic mass is 10.1. The molecule has 2 aromatic rings. The first-order valence-corrected chi connectivity index (χ1v) is 10.0. The van der Waals surface area contributed by atoms with Gasteiger partial charge in [-0.25, -0.2) is 8.42 Å². The van der Waals surface area contributed by atoms with Gasteiger partial charge >= 0.3 is 0 Å². The van der Waals surface area contributed by atoms with Crippen LogP contribution in [-0.2, 0) is 10.0 Å². The summed E-state index contributed by atoms with van der Waals surface area (Å²) in [6.07, 6.45) is 1.06. The molecule has 0 fully saturated rings. The van der Waals surface area contributed by atoms with Crippen molar-refractivity contribution in [3.63, 3.8) is 0 Å². The minimum Gasteiger partial charge on any atom is -0.493 e. The monoisotopic (exact) mass is 392 g/mol. The number of hydrogen-bond donors (Lipinski definition) is 1. The van der Waals surface area contributed by atoms with Crippen LogP contribution in [0.25, 0.3) is 0 Å². The number of sulfonamides is 1. The fourth-order valence-electron chi connectivity index (χ4n) is 2.63. The number of hydrogen-bond acceptors (Lipinski definition) is 5. The Kier molecular flexibility index (Phi) is 6.00. The van der Waals surface area contributed by atoms with Crippen LogP contribution in [0, 0.1) is 13.8 Å². The van der Waals surface area contributed by atoms with E-state index in [4.69, 9.17) is 9.47 Å². The number of aryl methyl sites for hydroxylation is 2. The summed E-state index contributed by atoms with van der Waals surface area (Å²) in [5, 5.41) is 2.83. The maximum atomic E-state index is 12.9. The number of rotatable bonds is 6. The van der Waals surface area contributed by atoms with Crippen molar-refractivity contribution in [3.05, 3.63) is 47.0 Å². The number of anilines is 2. The van der Waals surface area contributed by atoms with Gasteiger partial charge < -0.3 is 14.8 Å². The van der Waals surface area contributed by atoms with Crippen LogP contribution in [0.2, 0.25) is 0 Å². The Hall–Kier alpha value is -2.74. The molecule has 146 valence electrons. The molecule has 0 bridgehead atoms. The van der Waals surface area contributed by atoms with E-state index >= 15 is 0 Å². The van der Waals surface area contributed by atoms with Gasteiger partial charge in [-0.3, -0.25) is 9.10 Å². The van der Waals surface area contributed by atoms with Crippen molar-refractivity contribution in [1.82, 2.24) is 0 Å². The third-order valence-electron chi connectivity index (χ3n) is 4.21. The van der Waals surface area contributed by atoms with E-state index in [2.05, 4.69) is 5.32 Å². The van der Waals surface area contributed by atoms with Gasteiger partial charge in [-0.15, -0.1) is 0 Å². The lowest BCUT2D eigenvalue weighted by molar-refractivity contribution is 0.102. The van der Waals surface area contributed by atoms with Gasteiger partial charge in [0.05, 0.1) is 31.7 Å². The van der Waals surface area contributed by atoms with E-state index in [-0.39, 0.29) is 11.3 Å². The van der Waals surface area contributed by atoms with Crippen LogP contribution in [-0.4, -0.2) is 41.8 Å². The van der Waals surface area contributed by atoms with Gasteiger partial charge in [0.2, 0.25) is 10.0 Å². The molecule has 1 N–H and O–H groups in total. The highest BCUT2D eigenvalue weighted by Crippen LogP contribution is 2.36. The van der Waals surface area contributed by atoms with E-state index in [1.807, 2.05) is 32.0 Å². The second-order valence-corrected chi connectivity index (χ2v) is 8.24. The zero-order chi connectivity index (χ0) is 20.4. The highest BCUT2D eigenvalue weighted by Gasteiger charge is 2.24. The Morgan fingerprint density at radius 1 is 1.04 bits per heavy atom. The van der Waals surface area contributed by atoms with E-state index in [1.54, 1.807) is 0 Å². The highest BCUT2D eigenvalue weighted by atomic mass is 32.2. The molecule has 0 heterocycles. The molecule has 0 radical (unpaired) electrons. The minimum atomic E-state index is -3.59. The summed E-state index contributed by atoms with van der Waals surface area (Å²) in [4.78, 5) is 12.9. The van der Waals surface area contributed by atoms with Crippen molar-refractivity contribution in [3.8, 4) is 11.5 Å². The van der Waals surface area contributed by atoms with E-state index in [0.29, 0.717) is 17.2 Å². The second-order valence-electron chi connectivity index (χ2n) is 6.23. The largest absolute Gasteiger partial charge is 0.493 e. The molecule has 0 saturated heterocycles. The number of nitrogens with one attached hydrogen (secondary N) is 1. The fourth-order valence-corrected chi connectivity index (χ4v) is 3.14. The van der Waals surface area contributed by atoms with Crippen LogP contribution < -0.4 is 19.1 Å². The van der Waals surface area contributed by atoms with Crippen molar-refractivity contribution in [1.29, 1.82) is 0 Å². The molecule has 7 nitrogen and oxygen atoms in total. The van der Waals surface area contributed by atoms with Gasteiger partial charge in [-0.1, -0.05) is 17.7 Å². The van der Waals surface area contributed by atoms with E-state index < -0.39 is 15.9 Å². The summed E-state index contributed by atoms with van der Waals surface area (Å²) >= 11 is 0. The number of benzene rings is 2. The Morgan fingerprint density at radius 2 is 1.63 bits per heavy atom. The van der Waals surface area contributed by atoms with Crippen molar-refractivity contribution >= 4 is 27.3 Å². The number of carbonyl (C=O) groups is 1. The summed E-state index contributed by atoms with van der Waals surface area (Å²) in [5.74, 6) is 0.202. The van der Waals surface area contributed by atoms with Gasteiger partial charge in [0.25, 0.3) is 5.91 Å². The van der Waals surface area contributed by atoms with Gasteiger partial charge in [0.15, 0.2) is 11.5 Å². The molecule has 0 saturated carbocycles. The molecule has 0 atom stereocenters. The molecule has 0 unspecified atom stereocenters. The van der Waals surface area contributed by atoms with Crippen LogP contribution >= 0.6 is 0 Å². The molecule has 8 heteroatoms. The van der Waals surface area contributed by atoms with Crippen LogP contribution in [0.1, 0.15) is 21.5 Å². The topological polar surface area (TPSA) is 84.9 Å². The van der Waals surface area contributed by atoms with Crippen LogP contribution in [0.5, 0.6) is 11.5 Å². The molecule has 0 aromatic heterocycles. The zero-order valence-electron chi connectivity index (χ0n) is 16.3. The van der Waals surface area contributed by atoms with Crippen LogP contribution in [0.15, 0.2) is 30.3 Å². The number of nitrogens with zero attached hydrogens (tertiary/aromatic N) is 1. The molecular formula is C19H24N2O5S. The van der Waals surface area contributed by atoms with Crippen molar-refractivity contribution in [2.45, 2.75) is 13.8 Å². The van der Waals surface area contributed by atoms with E-state index in [0.717, 1.165) is 21.7 Å². The smallest absolute Gasteiger partial charge is 0.257 e. The quantitative estimate of drug-likeness (QED) is 0.817. The second kappa shape index (κ2) is 7.87. The molecule has 0 aliphatic carbocycles. The third kappa shape index (κ3) is 4.51. The van der Waals surface area contributed by atoms with E-state index in [9.17, 15) is 13.2 Å². The van der Waals surface area contributed by atoms with Gasteiger partial charge in [0, 0.05) is 18.8 Å². The summed E-state index contributed by atoms with van der Waals surface area (Å²) in [5.41, 5.74) is 2.97. The van der Waals surface area contributed by atoms with Crippen molar-refractivity contribution in [2.24, 2.45) is 0 Å². The van der Waals surface area contributed by atoms with Gasteiger partial charge in [-0.2, -0.15) is 0 Å². The molecule has 0 spiro atoms. The Labute approximate surface area is 160 Å². The molecule has 27 heavy (non-hydrogen) atoms. The Balaban J connectivity index is 2.56. The lowest BCUT2D eigenvalue weighted by Crippen LogP contribution is -2.28. The summed E-state index contributed by atoms with van der Waals surface area (Å²) in [6, 6.07) is 8.59. The molecule has 0 aliphatic rings. The maximum absolute atomic E-state index is 12.9. The third-order valence-corrected chi connectivity index (χ3v) is 5.40. The number of ether oxygens (including phenoxy) is 2. The van der Waals surface area contributed by atoms with E-state index in [1.165, 1.54) is 33.4 Å². The first kappa shape index (κ1) is 20.6. The standard InChI is InChI=1S/C19H24N2O5S/c1-12-7-8-15(13(2)9-12)20-19(22)14-10-17(25-4)18(26-5)11-16(14)21(3)27(6,23)24/h7-11H,1-6H3,(H,20,22).